The van der Waals surface area contributed by atoms with Crippen LogP contribution in [0.1, 0.15) is 29.6 Å². The number of rotatable bonds is 4. The van der Waals surface area contributed by atoms with Crippen molar-refractivity contribution < 1.29 is 13.2 Å². The first-order valence-electron chi connectivity index (χ1n) is 9.31. The van der Waals surface area contributed by atoms with Gasteiger partial charge in [-0.2, -0.15) is 4.31 Å². The topological polar surface area (TPSA) is 79.4 Å². The Labute approximate surface area is 164 Å². The highest BCUT2D eigenvalue weighted by Gasteiger charge is 2.26. The molecule has 2 heterocycles. The molecule has 7 heteroatoms. The summed E-state index contributed by atoms with van der Waals surface area (Å²) in [7, 11) is -3.58. The maximum absolute atomic E-state index is 12.9. The zero-order chi connectivity index (χ0) is 19.6. The molecule has 6 nitrogen and oxygen atoms in total. The van der Waals surface area contributed by atoms with Crippen LogP contribution in [-0.4, -0.2) is 36.7 Å². The van der Waals surface area contributed by atoms with Gasteiger partial charge < -0.3 is 5.32 Å². The monoisotopic (exact) mass is 395 g/mol. The first-order chi connectivity index (χ1) is 13.6. The molecule has 1 saturated heterocycles. The van der Waals surface area contributed by atoms with Crippen LogP contribution in [0.15, 0.2) is 65.7 Å². The molecule has 0 aliphatic carbocycles. The molecule has 4 rings (SSSR count). The minimum atomic E-state index is -3.58. The van der Waals surface area contributed by atoms with E-state index in [-0.39, 0.29) is 10.8 Å². The van der Waals surface area contributed by atoms with Crippen LogP contribution in [0.5, 0.6) is 0 Å². The molecular formula is C21H21N3O3S. The number of carbonyl (C=O) groups is 1. The lowest BCUT2D eigenvalue weighted by molar-refractivity contribution is 0.102. The third kappa shape index (κ3) is 3.63. The number of para-hydroxylation sites is 1. The van der Waals surface area contributed by atoms with Gasteiger partial charge in [0.1, 0.15) is 0 Å². The van der Waals surface area contributed by atoms with E-state index in [1.54, 1.807) is 30.5 Å². The van der Waals surface area contributed by atoms with E-state index in [4.69, 9.17) is 0 Å². The molecule has 3 aromatic rings. The lowest BCUT2D eigenvalue weighted by Crippen LogP contribution is -2.35. The van der Waals surface area contributed by atoms with Gasteiger partial charge in [-0.3, -0.25) is 9.78 Å². The van der Waals surface area contributed by atoms with E-state index in [9.17, 15) is 13.2 Å². The van der Waals surface area contributed by atoms with Gasteiger partial charge in [0.2, 0.25) is 10.0 Å². The Balaban J connectivity index is 1.61. The Morgan fingerprint density at radius 3 is 2.54 bits per heavy atom. The largest absolute Gasteiger partial charge is 0.320 e. The number of sulfonamides is 1. The van der Waals surface area contributed by atoms with Crippen molar-refractivity contribution in [2.75, 3.05) is 18.4 Å². The normalized spacial score (nSPS) is 15.4. The Bertz CT molecular complexity index is 1120. The summed E-state index contributed by atoms with van der Waals surface area (Å²) >= 11 is 0. The first-order valence-corrected chi connectivity index (χ1v) is 10.7. The van der Waals surface area contributed by atoms with Crippen LogP contribution in [0.3, 0.4) is 0 Å². The molecule has 0 spiro atoms. The maximum Gasteiger partial charge on any atom is 0.255 e. The van der Waals surface area contributed by atoms with Crippen molar-refractivity contribution in [1.29, 1.82) is 0 Å². The van der Waals surface area contributed by atoms with Gasteiger partial charge in [0, 0.05) is 30.2 Å². The maximum atomic E-state index is 12.9. The van der Waals surface area contributed by atoms with Crippen LogP contribution < -0.4 is 5.32 Å². The first kappa shape index (κ1) is 18.6. The van der Waals surface area contributed by atoms with Gasteiger partial charge in [0.25, 0.3) is 5.91 Å². The minimum Gasteiger partial charge on any atom is -0.320 e. The predicted molar refractivity (Wildman–Crippen MR) is 109 cm³/mol. The smallest absolute Gasteiger partial charge is 0.255 e. The molecule has 0 unspecified atom stereocenters. The van der Waals surface area contributed by atoms with Crippen molar-refractivity contribution in [3.05, 3.63) is 66.4 Å². The summed E-state index contributed by atoms with van der Waals surface area (Å²) in [5.74, 6) is -0.367. The Hall–Kier alpha value is -2.77. The van der Waals surface area contributed by atoms with Crippen molar-refractivity contribution in [2.24, 2.45) is 0 Å². The molecule has 28 heavy (non-hydrogen) atoms. The molecule has 1 amide bonds. The van der Waals surface area contributed by atoms with Gasteiger partial charge in [-0.1, -0.05) is 30.7 Å². The second-order valence-electron chi connectivity index (χ2n) is 6.83. The van der Waals surface area contributed by atoms with E-state index in [2.05, 4.69) is 10.3 Å². The summed E-state index contributed by atoms with van der Waals surface area (Å²) in [6, 6.07) is 15.5. The van der Waals surface area contributed by atoms with E-state index >= 15 is 0 Å². The zero-order valence-electron chi connectivity index (χ0n) is 15.3. The van der Waals surface area contributed by atoms with E-state index in [1.807, 2.05) is 24.3 Å². The Morgan fingerprint density at radius 2 is 1.71 bits per heavy atom. The van der Waals surface area contributed by atoms with E-state index in [1.165, 1.54) is 10.4 Å². The number of carbonyl (C=O) groups excluding carboxylic acids is 1. The van der Waals surface area contributed by atoms with Gasteiger partial charge >= 0.3 is 0 Å². The summed E-state index contributed by atoms with van der Waals surface area (Å²) < 4.78 is 27.3. The molecule has 1 aromatic heterocycles. The standard InChI is InChI=1S/C21H21N3O3S/c25-21(23-19-11-5-7-16-9-6-12-22-20(16)19)17-8-4-10-18(15-17)28(26,27)24-13-2-1-3-14-24/h4-12,15H,1-3,13-14H2,(H,23,25). The fraction of sp³-hybridized carbons (Fsp3) is 0.238. The fourth-order valence-electron chi connectivity index (χ4n) is 3.45. The average molecular weight is 395 g/mol. The van der Waals surface area contributed by atoms with Crippen molar-refractivity contribution in [3.63, 3.8) is 0 Å². The summed E-state index contributed by atoms with van der Waals surface area (Å²) in [5, 5.41) is 3.77. The molecule has 0 atom stereocenters. The lowest BCUT2D eigenvalue weighted by atomic mass is 10.1. The summed E-state index contributed by atoms with van der Waals surface area (Å²) in [6.07, 6.45) is 4.46. The quantitative estimate of drug-likeness (QED) is 0.731. The minimum absolute atomic E-state index is 0.151. The highest BCUT2D eigenvalue weighted by Crippen LogP contribution is 2.24. The van der Waals surface area contributed by atoms with Crippen LogP contribution in [0.25, 0.3) is 10.9 Å². The van der Waals surface area contributed by atoms with Crippen molar-refractivity contribution >= 4 is 32.5 Å². The number of hydrogen-bond donors (Lipinski definition) is 1. The molecule has 1 fully saturated rings. The molecule has 0 bridgehead atoms. The molecule has 2 aromatic carbocycles. The van der Waals surface area contributed by atoms with Crippen molar-refractivity contribution in [2.45, 2.75) is 24.2 Å². The van der Waals surface area contributed by atoms with Gasteiger partial charge in [-0.25, -0.2) is 8.42 Å². The van der Waals surface area contributed by atoms with E-state index in [0.717, 1.165) is 24.6 Å². The van der Waals surface area contributed by atoms with Gasteiger partial charge in [0.05, 0.1) is 16.1 Å². The molecule has 144 valence electrons. The van der Waals surface area contributed by atoms with Crippen LogP contribution in [-0.2, 0) is 10.0 Å². The average Bonchev–Trinajstić information content (AvgIpc) is 2.75. The molecule has 0 saturated carbocycles. The van der Waals surface area contributed by atoms with Crippen LogP contribution in [0.2, 0.25) is 0 Å². The molecule has 1 N–H and O–H groups in total. The number of fused-ring (bicyclic) bond motifs is 1. The van der Waals surface area contributed by atoms with Gasteiger partial charge in [0.15, 0.2) is 0 Å². The highest BCUT2D eigenvalue weighted by molar-refractivity contribution is 7.89. The number of hydrogen-bond acceptors (Lipinski definition) is 4. The number of anilines is 1. The van der Waals surface area contributed by atoms with Crippen molar-refractivity contribution in [1.82, 2.24) is 9.29 Å². The number of pyridine rings is 1. The number of nitrogens with one attached hydrogen (secondary N) is 1. The Kier molecular flexibility index (Phi) is 5.11. The third-order valence-electron chi connectivity index (χ3n) is 4.93. The number of benzene rings is 2. The van der Waals surface area contributed by atoms with Crippen LogP contribution in [0, 0.1) is 0 Å². The number of nitrogens with zero attached hydrogens (tertiary/aromatic N) is 2. The molecule has 1 aliphatic heterocycles. The number of aromatic nitrogens is 1. The molecule has 1 aliphatic rings. The molecular weight excluding hydrogens is 374 g/mol. The number of amides is 1. The van der Waals surface area contributed by atoms with E-state index in [0.29, 0.717) is 29.9 Å². The third-order valence-corrected chi connectivity index (χ3v) is 6.82. The fourth-order valence-corrected chi connectivity index (χ4v) is 5.02. The Morgan fingerprint density at radius 1 is 0.964 bits per heavy atom. The van der Waals surface area contributed by atoms with Crippen LogP contribution in [0.4, 0.5) is 5.69 Å². The molecule has 0 radical (unpaired) electrons. The van der Waals surface area contributed by atoms with Crippen molar-refractivity contribution in [3.8, 4) is 0 Å². The highest BCUT2D eigenvalue weighted by atomic mass is 32.2. The van der Waals surface area contributed by atoms with Gasteiger partial charge in [-0.15, -0.1) is 0 Å². The predicted octanol–water partition coefficient (Wildman–Crippen LogP) is 3.66. The lowest BCUT2D eigenvalue weighted by Gasteiger charge is -2.26. The second kappa shape index (κ2) is 7.69. The second-order valence-corrected chi connectivity index (χ2v) is 8.77. The summed E-state index contributed by atoms with van der Waals surface area (Å²) in [5.41, 5.74) is 1.58. The van der Waals surface area contributed by atoms with Gasteiger partial charge in [-0.05, 0) is 43.2 Å². The zero-order valence-corrected chi connectivity index (χ0v) is 16.2. The van der Waals surface area contributed by atoms with E-state index < -0.39 is 10.0 Å². The number of piperidine rings is 1. The SMILES string of the molecule is O=C(Nc1cccc2cccnc12)c1cccc(S(=O)(=O)N2CCCCC2)c1. The van der Waals surface area contributed by atoms with Crippen LogP contribution >= 0.6 is 0 Å². The summed E-state index contributed by atoms with van der Waals surface area (Å²) in [4.78, 5) is 17.2. The summed E-state index contributed by atoms with van der Waals surface area (Å²) in [6.45, 7) is 1.06.